The summed E-state index contributed by atoms with van der Waals surface area (Å²) in [5.41, 5.74) is 4.39. The average molecular weight is 455 g/mol. The van der Waals surface area contributed by atoms with Gasteiger partial charge in [0.2, 0.25) is 0 Å². The van der Waals surface area contributed by atoms with Crippen LogP contribution < -0.4 is 5.32 Å². The Bertz CT molecular complexity index is 1110. The molecule has 0 amide bonds. The van der Waals surface area contributed by atoms with E-state index >= 15 is 0 Å². The van der Waals surface area contributed by atoms with Crippen LogP contribution in [-0.2, 0) is 20.8 Å². The fourth-order valence-corrected chi connectivity index (χ4v) is 6.31. The van der Waals surface area contributed by atoms with Crippen molar-refractivity contribution in [1.82, 2.24) is 20.3 Å². The van der Waals surface area contributed by atoms with Crippen molar-refractivity contribution in [3.8, 4) is 5.69 Å². The number of fused-ring (bicyclic) bond motifs is 5. The van der Waals surface area contributed by atoms with E-state index < -0.39 is 0 Å². The fraction of sp³-hybridized carbons (Fsp3) is 0.542. The summed E-state index contributed by atoms with van der Waals surface area (Å²) >= 11 is 6.26. The van der Waals surface area contributed by atoms with E-state index in [2.05, 4.69) is 29.5 Å². The molecule has 2 aliphatic carbocycles. The van der Waals surface area contributed by atoms with E-state index in [4.69, 9.17) is 21.1 Å². The SMILES string of the molecule is CC1=C2C[C@H]3O[C@@]3(C)[C@@H]2[C@H]2OC(=O)[C@@H](CNCc3cn(-c4ccccc4Cl)nn3)[C@@H]2CC1. The van der Waals surface area contributed by atoms with Crippen LogP contribution in [0.3, 0.4) is 0 Å². The molecule has 2 aliphatic heterocycles. The number of esters is 1. The zero-order valence-electron chi connectivity index (χ0n) is 18.3. The Labute approximate surface area is 192 Å². The van der Waals surface area contributed by atoms with Gasteiger partial charge in [-0.25, -0.2) is 4.68 Å². The van der Waals surface area contributed by atoms with Crippen LogP contribution in [0.2, 0.25) is 5.02 Å². The maximum absolute atomic E-state index is 12.9. The third kappa shape index (κ3) is 3.13. The van der Waals surface area contributed by atoms with Crippen molar-refractivity contribution < 1.29 is 14.3 Å². The van der Waals surface area contributed by atoms with Gasteiger partial charge in [-0.2, -0.15) is 0 Å². The number of carbonyl (C=O) groups is 1. The Hall–Kier alpha value is -2.22. The summed E-state index contributed by atoms with van der Waals surface area (Å²) in [7, 11) is 0. The summed E-state index contributed by atoms with van der Waals surface area (Å²) in [5.74, 6) is 0.196. The number of nitrogens with one attached hydrogen (secondary N) is 1. The molecule has 7 nitrogen and oxygen atoms in total. The maximum atomic E-state index is 12.9. The minimum absolute atomic E-state index is 0.0691. The molecule has 3 heterocycles. The smallest absolute Gasteiger partial charge is 0.310 e. The number of hydrogen-bond donors (Lipinski definition) is 1. The number of aromatic nitrogens is 3. The normalized spacial score (nSPS) is 35.2. The van der Waals surface area contributed by atoms with Gasteiger partial charge >= 0.3 is 5.97 Å². The van der Waals surface area contributed by atoms with Gasteiger partial charge in [-0.15, -0.1) is 5.10 Å². The van der Waals surface area contributed by atoms with E-state index in [1.807, 2.05) is 30.5 Å². The number of ether oxygens (including phenoxy) is 2. The van der Waals surface area contributed by atoms with Crippen molar-refractivity contribution in [1.29, 1.82) is 0 Å². The first-order valence-corrected chi connectivity index (χ1v) is 11.8. The van der Waals surface area contributed by atoms with Crippen LogP contribution in [-0.4, -0.2) is 45.3 Å². The number of hydrogen-bond acceptors (Lipinski definition) is 6. The van der Waals surface area contributed by atoms with E-state index in [9.17, 15) is 4.79 Å². The quantitative estimate of drug-likeness (QED) is 0.423. The predicted octanol–water partition coefficient (Wildman–Crippen LogP) is 3.46. The van der Waals surface area contributed by atoms with Gasteiger partial charge < -0.3 is 14.8 Å². The molecule has 3 fully saturated rings. The fourth-order valence-electron chi connectivity index (χ4n) is 6.09. The number of nitrogens with zero attached hydrogens (tertiary/aromatic N) is 3. The van der Waals surface area contributed by atoms with Gasteiger partial charge in [0.25, 0.3) is 0 Å². The van der Waals surface area contributed by atoms with Crippen LogP contribution in [0.4, 0.5) is 0 Å². The monoisotopic (exact) mass is 454 g/mol. The van der Waals surface area contributed by atoms with E-state index in [-0.39, 0.29) is 35.4 Å². The molecule has 0 radical (unpaired) electrons. The Morgan fingerprint density at radius 1 is 1.34 bits per heavy atom. The molecule has 1 N–H and O–H groups in total. The topological polar surface area (TPSA) is 81.6 Å². The summed E-state index contributed by atoms with van der Waals surface area (Å²) in [6.45, 7) is 5.53. The lowest BCUT2D eigenvalue weighted by molar-refractivity contribution is -0.146. The van der Waals surface area contributed by atoms with Crippen molar-refractivity contribution in [3.05, 3.63) is 52.3 Å². The van der Waals surface area contributed by atoms with Gasteiger partial charge in [-0.1, -0.05) is 40.1 Å². The molecule has 0 unspecified atom stereocenters. The third-order valence-corrected chi connectivity index (χ3v) is 8.23. The number of para-hydroxylation sites is 1. The molecular weight excluding hydrogens is 428 g/mol. The zero-order chi connectivity index (χ0) is 22.0. The Balaban J connectivity index is 1.13. The van der Waals surface area contributed by atoms with Crippen LogP contribution in [0.25, 0.3) is 5.69 Å². The lowest BCUT2D eigenvalue weighted by Crippen LogP contribution is -2.37. The molecular formula is C24H27ClN4O3. The molecule has 1 aromatic heterocycles. The minimum Gasteiger partial charge on any atom is -0.461 e. The Morgan fingerprint density at radius 2 is 2.19 bits per heavy atom. The van der Waals surface area contributed by atoms with Gasteiger partial charge in [0.1, 0.15) is 11.7 Å². The number of epoxide rings is 1. The summed E-state index contributed by atoms with van der Waals surface area (Å²) < 4.78 is 13.7. The van der Waals surface area contributed by atoms with E-state index in [1.165, 1.54) is 11.1 Å². The van der Waals surface area contributed by atoms with Gasteiger partial charge in [-0.3, -0.25) is 4.79 Å². The summed E-state index contributed by atoms with van der Waals surface area (Å²) in [6, 6.07) is 7.52. The van der Waals surface area contributed by atoms with Crippen molar-refractivity contribution in [2.24, 2.45) is 17.8 Å². The van der Waals surface area contributed by atoms with E-state index in [0.717, 1.165) is 30.6 Å². The van der Waals surface area contributed by atoms with Crippen LogP contribution in [0.1, 0.15) is 38.8 Å². The lowest BCUT2D eigenvalue weighted by atomic mass is 9.78. The van der Waals surface area contributed by atoms with E-state index in [0.29, 0.717) is 24.2 Å². The van der Waals surface area contributed by atoms with Gasteiger partial charge in [0.15, 0.2) is 0 Å². The maximum Gasteiger partial charge on any atom is 0.310 e. The second kappa shape index (κ2) is 7.40. The first kappa shape index (κ1) is 20.4. The number of halogens is 1. The van der Waals surface area contributed by atoms with Crippen molar-refractivity contribution in [3.63, 3.8) is 0 Å². The highest BCUT2D eigenvalue weighted by Crippen LogP contribution is 2.62. The van der Waals surface area contributed by atoms with Crippen molar-refractivity contribution in [2.45, 2.75) is 57.5 Å². The first-order valence-electron chi connectivity index (χ1n) is 11.4. The predicted molar refractivity (Wildman–Crippen MR) is 118 cm³/mol. The van der Waals surface area contributed by atoms with Crippen LogP contribution >= 0.6 is 11.6 Å². The molecule has 1 saturated carbocycles. The van der Waals surface area contributed by atoms with Crippen LogP contribution in [0.15, 0.2) is 41.6 Å². The molecule has 1 aromatic carbocycles. The molecule has 6 atom stereocenters. The molecule has 0 bridgehead atoms. The highest BCUT2D eigenvalue weighted by Gasteiger charge is 2.69. The molecule has 2 saturated heterocycles. The zero-order valence-corrected chi connectivity index (χ0v) is 19.0. The Morgan fingerprint density at radius 3 is 3.03 bits per heavy atom. The standard InChI is InChI=1S/C24H27ClN4O3/c1-13-7-8-15-17(23(30)31-22(15)21-16(13)9-20-24(21,2)32-20)11-26-10-14-12-29(28-27-14)19-6-4-3-5-18(19)25/h3-6,12,15,17,20-22,26H,7-11H2,1-2H3/t15-,17-,20+,21-,22-,24+/m0/s1. The molecule has 168 valence electrons. The number of benzene rings is 1. The molecule has 4 aliphatic rings. The second-order valence-corrected chi connectivity index (χ2v) is 10.1. The van der Waals surface area contributed by atoms with Gasteiger partial charge in [0, 0.05) is 24.9 Å². The summed E-state index contributed by atoms with van der Waals surface area (Å²) in [5, 5.41) is 12.5. The molecule has 6 rings (SSSR count). The number of allylic oxidation sites excluding steroid dienone is 1. The Kier molecular flexibility index (Phi) is 4.72. The summed E-state index contributed by atoms with van der Waals surface area (Å²) in [6.07, 6.45) is 5.11. The largest absolute Gasteiger partial charge is 0.461 e. The summed E-state index contributed by atoms with van der Waals surface area (Å²) in [4.78, 5) is 12.9. The highest BCUT2D eigenvalue weighted by molar-refractivity contribution is 6.32. The van der Waals surface area contributed by atoms with Crippen molar-refractivity contribution >= 4 is 17.6 Å². The third-order valence-electron chi connectivity index (χ3n) is 7.91. The second-order valence-electron chi connectivity index (χ2n) is 9.72. The highest BCUT2D eigenvalue weighted by atomic mass is 35.5. The van der Waals surface area contributed by atoms with Gasteiger partial charge in [-0.05, 0) is 45.2 Å². The van der Waals surface area contributed by atoms with Gasteiger partial charge in [0.05, 0.1) is 34.6 Å². The molecule has 2 aromatic rings. The molecule has 0 spiro atoms. The first-order chi connectivity index (χ1) is 15.5. The molecule has 8 heteroatoms. The lowest BCUT2D eigenvalue weighted by Gasteiger charge is -2.28. The van der Waals surface area contributed by atoms with Crippen molar-refractivity contribution in [2.75, 3.05) is 6.54 Å². The van der Waals surface area contributed by atoms with Crippen LogP contribution in [0.5, 0.6) is 0 Å². The minimum atomic E-state index is -0.149. The van der Waals surface area contributed by atoms with Crippen LogP contribution in [0, 0.1) is 17.8 Å². The molecule has 32 heavy (non-hydrogen) atoms. The average Bonchev–Trinajstić information content (AvgIpc) is 3.05. The number of rotatable bonds is 5. The van der Waals surface area contributed by atoms with E-state index in [1.54, 1.807) is 4.68 Å². The number of carbonyl (C=O) groups excluding carboxylic acids is 1.